The zero-order valence-corrected chi connectivity index (χ0v) is 13.4. The van der Waals surface area contributed by atoms with Gasteiger partial charge in [-0.1, -0.05) is 18.2 Å². The van der Waals surface area contributed by atoms with Gasteiger partial charge in [-0.3, -0.25) is 9.69 Å². The van der Waals surface area contributed by atoms with E-state index in [4.69, 9.17) is 4.74 Å². The number of aromatic carboxylic acids is 1. The van der Waals surface area contributed by atoms with Crippen molar-refractivity contribution in [2.45, 2.75) is 19.6 Å². The fourth-order valence-corrected chi connectivity index (χ4v) is 2.90. The van der Waals surface area contributed by atoms with E-state index in [2.05, 4.69) is 14.9 Å². The number of hydrogen-bond acceptors (Lipinski definition) is 5. The molecule has 0 aliphatic carbocycles. The highest BCUT2D eigenvalue weighted by atomic mass is 16.5. The van der Waals surface area contributed by atoms with Crippen molar-refractivity contribution in [2.75, 3.05) is 19.7 Å². The van der Waals surface area contributed by atoms with Crippen LogP contribution in [0.15, 0.2) is 35.1 Å². The van der Waals surface area contributed by atoms with Crippen molar-refractivity contribution in [2.24, 2.45) is 0 Å². The largest absolute Gasteiger partial charge is 0.478 e. The highest BCUT2D eigenvalue weighted by molar-refractivity contribution is 5.89. The molecular weight excluding hydrogens is 310 g/mol. The number of benzene rings is 1. The number of aromatic nitrogens is 2. The minimum absolute atomic E-state index is 0.200. The molecule has 1 unspecified atom stereocenters. The fourth-order valence-electron chi connectivity index (χ4n) is 2.90. The summed E-state index contributed by atoms with van der Waals surface area (Å²) in [5.41, 5.74) is 1.48. The molecule has 0 spiro atoms. The van der Waals surface area contributed by atoms with Crippen LogP contribution in [0.5, 0.6) is 0 Å². The lowest BCUT2D eigenvalue weighted by Crippen LogP contribution is -2.38. The van der Waals surface area contributed by atoms with Crippen LogP contribution in [0.2, 0.25) is 0 Å². The molecule has 1 aromatic carbocycles. The summed E-state index contributed by atoms with van der Waals surface area (Å²) in [4.78, 5) is 32.0. The Kier molecular flexibility index (Phi) is 4.73. The zero-order chi connectivity index (χ0) is 17.1. The lowest BCUT2D eigenvalue weighted by molar-refractivity contribution is -0.0352. The van der Waals surface area contributed by atoms with Gasteiger partial charge in [-0.2, -0.15) is 0 Å². The molecule has 0 radical (unpaired) electrons. The van der Waals surface area contributed by atoms with Gasteiger partial charge in [-0.05, 0) is 18.6 Å². The highest BCUT2D eigenvalue weighted by Crippen LogP contribution is 2.22. The number of carbonyl (C=O) groups is 1. The summed E-state index contributed by atoms with van der Waals surface area (Å²) < 4.78 is 5.75. The topological polar surface area (TPSA) is 95.5 Å². The minimum Gasteiger partial charge on any atom is -0.478 e. The Bertz CT molecular complexity index is 802. The van der Waals surface area contributed by atoms with Crippen LogP contribution in [0.3, 0.4) is 0 Å². The Morgan fingerprint density at radius 1 is 1.46 bits per heavy atom. The molecule has 1 aliphatic heterocycles. The number of aryl methyl sites for hydroxylation is 1. The molecule has 3 rings (SSSR count). The first-order valence-corrected chi connectivity index (χ1v) is 7.76. The molecule has 1 aliphatic rings. The van der Waals surface area contributed by atoms with E-state index in [-0.39, 0.29) is 11.7 Å². The van der Waals surface area contributed by atoms with E-state index < -0.39 is 5.97 Å². The fraction of sp³-hybridized carbons (Fsp3) is 0.353. The molecule has 126 valence electrons. The molecule has 0 amide bonds. The summed E-state index contributed by atoms with van der Waals surface area (Å²) in [6.45, 7) is 4.02. The second-order valence-electron chi connectivity index (χ2n) is 5.81. The molecule has 1 saturated heterocycles. The van der Waals surface area contributed by atoms with Crippen molar-refractivity contribution in [3.8, 4) is 0 Å². The molecule has 7 heteroatoms. The summed E-state index contributed by atoms with van der Waals surface area (Å²) in [5, 5.41) is 9.29. The summed E-state index contributed by atoms with van der Waals surface area (Å²) >= 11 is 0. The van der Waals surface area contributed by atoms with Crippen LogP contribution in [0.25, 0.3) is 0 Å². The zero-order valence-electron chi connectivity index (χ0n) is 13.4. The number of ether oxygens (including phenoxy) is 1. The first-order chi connectivity index (χ1) is 11.5. The quantitative estimate of drug-likeness (QED) is 0.879. The van der Waals surface area contributed by atoms with Crippen LogP contribution in [0.4, 0.5) is 0 Å². The molecule has 0 bridgehead atoms. The third kappa shape index (κ3) is 3.69. The Balaban J connectivity index is 1.77. The first-order valence-electron chi connectivity index (χ1n) is 7.76. The smallest absolute Gasteiger partial charge is 0.336 e. The van der Waals surface area contributed by atoms with E-state index in [1.807, 2.05) is 12.1 Å². The maximum Gasteiger partial charge on any atom is 0.336 e. The highest BCUT2D eigenvalue weighted by Gasteiger charge is 2.24. The van der Waals surface area contributed by atoms with Crippen LogP contribution in [-0.2, 0) is 11.3 Å². The molecule has 7 nitrogen and oxygen atoms in total. The third-order valence-electron chi connectivity index (χ3n) is 4.00. The van der Waals surface area contributed by atoms with Crippen LogP contribution >= 0.6 is 0 Å². The van der Waals surface area contributed by atoms with E-state index in [0.29, 0.717) is 43.3 Å². The number of carboxylic acids is 1. The van der Waals surface area contributed by atoms with Gasteiger partial charge in [0.25, 0.3) is 5.56 Å². The van der Waals surface area contributed by atoms with E-state index in [1.165, 1.54) is 6.07 Å². The third-order valence-corrected chi connectivity index (χ3v) is 4.00. The lowest BCUT2D eigenvalue weighted by Gasteiger charge is -2.32. The maximum atomic E-state index is 11.6. The molecule has 2 N–H and O–H groups in total. The molecular formula is C17H19N3O4. The number of aromatic amines is 1. The molecule has 0 saturated carbocycles. The number of nitrogens with zero attached hydrogens (tertiary/aromatic N) is 2. The van der Waals surface area contributed by atoms with Crippen molar-refractivity contribution >= 4 is 5.97 Å². The average molecular weight is 329 g/mol. The van der Waals surface area contributed by atoms with Gasteiger partial charge in [0.05, 0.1) is 17.9 Å². The van der Waals surface area contributed by atoms with Gasteiger partial charge in [0, 0.05) is 25.7 Å². The molecule has 2 heterocycles. The van der Waals surface area contributed by atoms with Crippen LogP contribution in [0.1, 0.15) is 33.5 Å². The number of hydrogen-bond donors (Lipinski definition) is 2. The van der Waals surface area contributed by atoms with Gasteiger partial charge in [-0.25, -0.2) is 9.78 Å². The average Bonchev–Trinajstić information content (AvgIpc) is 2.54. The van der Waals surface area contributed by atoms with Crippen LogP contribution < -0.4 is 5.56 Å². The molecule has 1 atom stereocenters. The van der Waals surface area contributed by atoms with Crippen LogP contribution in [0, 0.1) is 6.92 Å². The van der Waals surface area contributed by atoms with Crippen molar-refractivity contribution in [3.05, 3.63) is 63.3 Å². The number of morpholine rings is 1. The number of H-pyrrole nitrogens is 1. The molecule has 2 aromatic rings. The number of rotatable bonds is 4. The van der Waals surface area contributed by atoms with Gasteiger partial charge in [0.2, 0.25) is 0 Å². The summed E-state index contributed by atoms with van der Waals surface area (Å²) in [5.74, 6) is -0.378. The molecule has 24 heavy (non-hydrogen) atoms. The van der Waals surface area contributed by atoms with Gasteiger partial charge < -0.3 is 14.8 Å². The predicted molar refractivity (Wildman–Crippen MR) is 87.0 cm³/mol. The van der Waals surface area contributed by atoms with Crippen molar-refractivity contribution in [1.82, 2.24) is 14.9 Å². The van der Waals surface area contributed by atoms with E-state index in [9.17, 15) is 14.7 Å². The molecule has 1 fully saturated rings. The van der Waals surface area contributed by atoms with Crippen LogP contribution in [-0.4, -0.2) is 45.6 Å². The van der Waals surface area contributed by atoms with E-state index >= 15 is 0 Å². The first kappa shape index (κ1) is 16.4. The normalized spacial score (nSPS) is 18.5. The minimum atomic E-state index is -0.928. The SMILES string of the molecule is Cc1nc(C2CN(Cc3ccccc3C(=O)O)CCO2)cc(=O)[nH]1. The lowest BCUT2D eigenvalue weighted by atomic mass is 10.1. The Hall–Kier alpha value is -2.51. The van der Waals surface area contributed by atoms with E-state index in [1.54, 1.807) is 19.1 Å². The van der Waals surface area contributed by atoms with Gasteiger partial charge >= 0.3 is 5.97 Å². The second-order valence-corrected chi connectivity index (χ2v) is 5.81. The summed E-state index contributed by atoms with van der Waals surface area (Å²) in [6, 6.07) is 8.44. The Labute approximate surface area is 138 Å². The van der Waals surface area contributed by atoms with E-state index in [0.717, 1.165) is 5.56 Å². The number of nitrogens with one attached hydrogen (secondary N) is 1. The Morgan fingerprint density at radius 3 is 3.00 bits per heavy atom. The summed E-state index contributed by atoms with van der Waals surface area (Å²) in [6.07, 6.45) is -0.295. The van der Waals surface area contributed by atoms with Gasteiger partial charge in [0.15, 0.2) is 0 Å². The monoisotopic (exact) mass is 329 g/mol. The summed E-state index contributed by atoms with van der Waals surface area (Å²) in [7, 11) is 0. The maximum absolute atomic E-state index is 11.6. The van der Waals surface area contributed by atoms with Gasteiger partial charge in [0.1, 0.15) is 11.9 Å². The number of carboxylic acid groups (broad SMARTS) is 1. The predicted octanol–water partition coefficient (Wildman–Crippen LogP) is 1.35. The van der Waals surface area contributed by atoms with Crippen molar-refractivity contribution in [1.29, 1.82) is 0 Å². The second kappa shape index (κ2) is 6.94. The molecule has 1 aromatic heterocycles. The van der Waals surface area contributed by atoms with Crippen molar-refractivity contribution < 1.29 is 14.6 Å². The Morgan fingerprint density at radius 2 is 2.25 bits per heavy atom. The standard InChI is InChI=1S/C17H19N3O4/c1-11-18-14(8-16(21)19-11)15-10-20(6-7-24-15)9-12-4-2-3-5-13(12)17(22)23/h2-5,8,15H,6-7,9-10H2,1H3,(H,22,23)(H,18,19,21). The van der Waals surface area contributed by atoms with Crippen molar-refractivity contribution in [3.63, 3.8) is 0 Å². The van der Waals surface area contributed by atoms with Gasteiger partial charge in [-0.15, -0.1) is 0 Å².